The summed E-state index contributed by atoms with van der Waals surface area (Å²) < 4.78 is 39.8. The first-order valence-corrected chi connectivity index (χ1v) is 9.56. The molecule has 0 aliphatic rings. The molecule has 3 aromatic rings. The van der Waals surface area contributed by atoms with Crippen molar-refractivity contribution in [2.75, 3.05) is 5.32 Å². The lowest BCUT2D eigenvalue weighted by molar-refractivity contribution is -0.137. The summed E-state index contributed by atoms with van der Waals surface area (Å²) in [5, 5.41) is 11.2. The van der Waals surface area contributed by atoms with Crippen LogP contribution in [0.25, 0.3) is 11.0 Å². The normalized spacial score (nSPS) is 12.2. The van der Waals surface area contributed by atoms with Crippen LogP contribution in [0.5, 0.6) is 0 Å². The predicted molar refractivity (Wildman–Crippen MR) is 109 cm³/mol. The number of hydrogen-bond acceptors (Lipinski definition) is 4. The standard InChI is InChI=1S/C21H24F3N5O/c1-5-29-18-15(12-27-29)17(28-20(2,3)4)16(11-25-18)19(30)26-10-13-6-8-14(9-7-13)21(22,23)24/h6-9,11-12H,5,10H2,1-4H3,(H,25,28)(H,26,30). The van der Waals surface area contributed by atoms with E-state index in [1.165, 1.54) is 18.3 Å². The van der Waals surface area contributed by atoms with Crippen molar-refractivity contribution in [2.24, 2.45) is 0 Å². The van der Waals surface area contributed by atoms with Crippen molar-refractivity contribution >= 4 is 22.6 Å². The summed E-state index contributed by atoms with van der Waals surface area (Å²) in [5.74, 6) is -0.375. The first-order valence-electron chi connectivity index (χ1n) is 9.56. The number of amides is 1. The van der Waals surface area contributed by atoms with Gasteiger partial charge < -0.3 is 10.6 Å². The second-order valence-electron chi connectivity index (χ2n) is 8.00. The molecular formula is C21H24F3N5O. The second kappa shape index (κ2) is 7.97. The lowest BCUT2D eigenvalue weighted by Gasteiger charge is -2.24. The van der Waals surface area contributed by atoms with Gasteiger partial charge in [-0.15, -0.1) is 0 Å². The number of nitrogens with one attached hydrogen (secondary N) is 2. The minimum atomic E-state index is -4.39. The number of hydrogen-bond donors (Lipinski definition) is 2. The number of alkyl halides is 3. The van der Waals surface area contributed by atoms with E-state index in [9.17, 15) is 18.0 Å². The zero-order valence-corrected chi connectivity index (χ0v) is 17.3. The van der Waals surface area contributed by atoms with Gasteiger partial charge >= 0.3 is 6.18 Å². The molecule has 0 fully saturated rings. The fourth-order valence-corrected chi connectivity index (χ4v) is 3.03. The molecule has 160 valence electrons. The van der Waals surface area contributed by atoms with Gasteiger partial charge in [0.2, 0.25) is 0 Å². The molecule has 0 atom stereocenters. The Morgan fingerprint density at radius 1 is 1.10 bits per heavy atom. The fraction of sp³-hybridized carbons (Fsp3) is 0.381. The Balaban J connectivity index is 1.86. The zero-order valence-electron chi connectivity index (χ0n) is 17.3. The Hall–Kier alpha value is -3.10. The number of nitrogens with zero attached hydrogens (tertiary/aromatic N) is 3. The summed E-state index contributed by atoms with van der Waals surface area (Å²) in [6.07, 6.45) is -1.22. The molecule has 30 heavy (non-hydrogen) atoms. The molecule has 2 aromatic heterocycles. The van der Waals surface area contributed by atoms with Gasteiger partial charge in [-0.25, -0.2) is 9.67 Å². The van der Waals surface area contributed by atoms with E-state index in [1.54, 1.807) is 10.9 Å². The maximum atomic E-state index is 12.9. The molecule has 0 saturated carbocycles. The number of pyridine rings is 1. The van der Waals surface area contributed by atoms with E-state index in [0.717, 1.165) is 17.5 Å². The molecule has 3 rings (SSSR count). The minimum Gasteiger partial charge on any atom is -0.379 e. The summed E-state index contributed by atoms with van der Waals surface area (Å²) in [5.41, 5.74) is 1.16. The SMILES string of the molecule is CCn1ncc2c(NC(C)(C)C)c(C(=O)NCc3ccc(C(F)(F)F)cc3)cnc21. The van der Waals surface area contributed by atoms with Gasteiger partial charge in [-0.1, -0.05) is 12.1 Å². The van der Waals surface area contributed by atoms with Gasteiger partial charge in [0.1, 0.15) is 0 Å². The third kappa shape index (κ3) is 4.72. The summed E-state index contributed by atoms with van der Waals surface area (Å²) in [6.45, 7) is 8.63. The number of anilines is 1. The van der Waals surface area contributed by atoms with Crippen LogP contribution in [0.2, 0.25) is 0 Å². The van der Waals surface area contributed by atoms with Crippen molar-refractivity contribution < 1.29 is 18.0 Å². The number of benzene rings is 1. The number of carbonyl (C=O) groups is 1. The number of aryl methyl sites for hydroxylation is 1. The Bertz CT molecular complexity index is 1050. The third-order valence-electron chi connectivity index (χ3n) is 4.44. The highest BCUT2D eigenvalue weighted by Crippen LogP contribution is 2.30. The number of carbonyl (C=O) groups excluding carboxylic acids is 1. The third-order valence-corrected chi connectivity index (χ3v) is 4.44. The number of rotatable bonds is 5. The Morgan fingerprint density at radius 3 is 2.33 bits per heavy atom. The number of halogens is 3. The molecule has 1 amide bonds. The minimum absolute atomic E-state index is 0.0954. The summed E-state index contributed by atoms with van der Waals surface area (Å²) >= 11 is 0. The molecule has 6 nitrogen and oxygen atoms in total. The molecule has 0 unspecified atom stereocenters. The number of aromatic nitrogens is 3. The second-order valence-corrected chi connectivity index (χ2v) is 8.00. The van der Waals surface area contributed by atoms with Crippen LogP contribution < -0.4 is 10.6 Å². The van der Waals surface area contributed by atoms with Gasteiger partial charge in [0.15, 0.2) is 5.65 Å². The van der Waals surface area contributed by atoms with Crippen molar-refractivity contribution in [3.8, 4) is 0 Å². The van der Waals surface area contributed by atoms with E-state index in [0.29, 0.717) is 29.0 Å². The quantitative estimate of drug-likeness (QED) is 0.634. The van der Waals surface area contributed by atoms with Gasteiger partial charge in [-0.3, -0.25) is 4.79 Å². The molecule has 0 radical (unpaired) electrons. The van der Waals surface area contributed by atoms with Crippen LogP contribution in [-0.4, -0.2) is 26.2 Å². The maximum Gasteiger partial charge on any atom is 0.416 e. The van der Waals surface area contributed by atoms with Crippen LogP contribution in [0.1, 0.15) is 49.2 Å². The van der Waals surface area contributed by atoms with Crippen LogP contribution in [0.4, 0.5) is 18.9 Å². The fourth-order valence-electron chi connectivity index (χ4n) is 3.03. The Morgan fingerprint density at radius 2 is 1.77 bits per heavy atom. The van der Waals surface area contributed by atoms with Crippen molar-refractivity contribution in [1.82, 2.24) is 20.1 Å². The van der Waals surface area contributed by atoms with Crippen LogP contribution in [0, 0.1) is 0 Å². The Kier molecular flexibility index (Phi) is 5.74. The average Bonchev–Trinajstić information content (AvgIpc) is 3.08. The molecule has 0 spiro atoms. The molecule has 0 bridgehead atoms. The molecule has 9 heteroatoms. The molecule has 0 aliphatic carbocycles. The average molecular weight is 419 g/mol. The van der Waals surface area contributed by atoms with Crippen molar-refractivity contribution in [2.45, 2.75) is 52.5 Å². The first kappa shape index (κ1) is 21.6. The van der Waals surface area contributed by atoms with Gasteiger partial charge in [0.25, 0.3) is 5.91 Å². The van der Waals surface area contributed by atoms with Crippen LogP contribution in [0.3, 0.4) is 0 Å². The lowest BCUT2D eigenvalue weighted by atomic mass is 10.1. The smallest absolute Gasteiger partial charge is 0.379 e. The van der Waals surface area contributed by atoms with Crippen molar-refractivity contribution in [3.05, 3.63) is 53.3 Å². The van der Waals surface area contributed by atoms with Crippen molar-refractivity contribution in [1.29, 1.82) is 0 Å². The van der Waals surface area contributed by atoms with Gasteiger partial charge in [-0.2, -0.15) is 18.3 Å². The highest BCUT2D eigenvalue weighted by Gasteiger charge is 2.30. The summed E-state index contributed by atoms with van der Waals surface area (Å²) in [6, 6.07) is 4.70. The van der Waals surface area contributed by atoms with Crippen molar-refractivity contribution in [3.63, 3.8) is 0 Å². The monoisotopic (exact) mass is 419 g/mol. The number of fused-ring (bicyclic) bond motifs is 1. The molecule has 2 N–H and O–H groups in total. The van der Waals surface area contributed by atoms with E-state index in [2.05, 4.69) is 20.7 Å². The van der Waals surface area contributed by atoms with Crippen LogP contribution >= 0.6 is 0 Å². The van der Waals surface area contributed by atoms with Crippen LogP contribution in [0.15, 0.2) is 36.7 Å². The molecular weight excluding hydrogens is 395 g/mol. The first-order chi connectivity index (χ1) is 14.0. The van der Waals surface area contributed by atoms with Gasteiger partial charge in [0, 0.05) is 24.8 Å². The van der Waals surface area contributed by atoms with E-state index in [4.69, 9.17) is 0 Å². The topological polar surface area (TPSA) is 71.8 Å². The highest BCUT2D eigenvalue weighted by molar-refractivity contribution is 6.06. The van der Waals surface area contributed by atoms with E-state index in [-0.39, 0.29) is 18.0 Å². The van der Waals surface area contributed by atoms with Gasteiger partial charge in [0.05, 0.1) is 28.4 Å². The lowest BCUT2D eigenvalue weighted by Crippen LogP contribution is -2.30. The van der Waals surface area contributed by atoms with Crippen LogP contribution in [-0.2, 0) is 19.3 Å². The predicted octanol–water partition coefficient (Wildman–Crippen LogP) is 4.61. The van der Waals surface area contributed by atoms with E-state index in [1.807, 2.05) is 27.7 Å². The van der Waals surface area contributed by atoms with E-state index < -0.39 is 11.7 Å². The molecule has 0 saturated heterocycles. The molecule has 2 heterocycles. The largest absolute Gasteiger partial charge is 0.416 e. The Labute approximate surface area is 172 Å². The highest BCUT2D eigenvalue weighted by atomic mass is 19.4. The molecule has 1 aromatic carbocycles. The van der Waals surface area contributed by atoms with E-state index >= 15 is 0 Å². The summed E-state index contributed by atoms with van der Waals surface area (Å²) in [4.78, 5) is 17.3. The summed E-state index contributed by atoms with van der Waals surface area (Å²) in [7, 11) is 0. The maximum absolute atomic E-state index is 12.9. The van der Waals surface area contributed by atoms with Gasteiger partial charge in [-0.05, 0) is 45.4 Å². The molecule has 0 aliphatic heterocycles. The zero-order chi connectivity index (χ0) is 22.1.